The Hall–Kier alpha value is -0.753. The zero-order valence-corrected chi connectivity index (χ0v) is 12.2. The summed E-state index contributed by atoms with van der Waals surface area (Å²) in [5.41, 5.74) is 1.14. The van der Waals surface area contributed by atoms with Gasteiger partial charge in [-0.25, -0.2) is 0 Å². The lowest BCUT2D eigenvalue weighted by Gasteiger charge is -2.12. The van der Waals surface area contributed by atoms with Gasteiger partial charge in [0.25, 0.3) is 0 Å². The van der Waals surface area contributed by atoms with E-state index in [4.69, 9.17) is 13.3 Å². The van der Waals surface area contributed by atoms with Crippen LogP contribution in [0.1, 0.15) is 32.4 Å². The summed E-state index contributed by atoms with van der Waals surface area (Å²) in [7, 11) is -1.51. The molecule has 0 unspecified atom stereocenters. The summed E-state index contributed by atoms with van der Waals surface area (Å²) in [6.07, 6.45) is 4.90. The molecule has 5 heteroatoms. The minimum atomic E-state index is -1.51. The summed E-state index contributed by atoms with van der Waals surface area (Å²) >= 11 is 0. The largest absolute Gasteiger partial charge is 0.577 e. The Balaban J connectivity index is 2.06. The molecule has 0 aliphatic heterocycles. The van der Waals surface area contributed by atoms with Gasteiger partial charge in [-0.15, -0.1) is 0 Å². The Labute approximate surface area is 111 Å². The van der Waals surface area contributed by atoms with Crippen molar-refractivity contribution < 1.29 is 13.3 Å². The maximum Gasteiger partial charge on any atom is 0.577 e. The zero-order chi connectivity index (χ0) is 13.1. The minimum Gasteiger partial charge on any atom is -0.371 e. The van der Waals surface area contributed by atoms with E-state index in [0.29, 0.717) is 19.8 Å². The molecule has 0 amide bonds. The van der Waals surface area contributed by atoms with Gasteiger partial charge in [-0.3, -0.25) is 4.98 Å². The molecule has 101 valence electrons. The number of hydrogen-bond acceptors (Lipinski definition) is 4. The van der Waals surface area contributed by atoms with Crippen LogP contribution in [0.5, 0.6) is 0 Å². The molecule has 1 rings (SSSR count). The second-order valence-corrected chi connectivity index (χ2v) is 5.11. The van der Waals surface area contributed by atoms with Gasteiger partial charge >= 0.3 is 9.53 Å². The highest BCUT2D eigenvalue weighted by Gasteiger charge is 2.16. The monoisotopic (exact) mass is 268 g/mol. The predicted octanol–water partition coefficient (Wildman–Crippen LogP) is 2.48. The SMILES string of the molecule is CCO[Si](OCC)OCCCCc1ccccn1. The lowest BCUT2D eigenvalue weighted by Crippen LogP contribution is -2.27. The van der Waals surface area contributed by atoms with Crippen molar-refractivity contribution in [2.45, 2.75) is 33.1 Å². The fraction of sp³-hybridized carbons (Fsp3) is 0.615. The second kappa shape index (κ2) is 10.2. The second-order valence-electron chi connectivity index (χ2n) is 3.74. The Morgan fingerprint density at radius 1 is 1.06 bits per heavy atom. The van der Waals surface area contributed by atoms with Crippen LogP contribution in [0, 0.1) is 0 Å². The molecule has 0 aromatic carbocycles. The molecule has 0 bridgehead atoms. The summed E-state index contributed by atoms with van der Waals surface area (Å²) in [5, 5.41) is 0. The van der Waals surface area contributed by atoms with Crippen LogP contribution >= 0.6 is 0 Å². The van der Waals surface area contributed by atoms with E-state index in [9.17, 15) is 0 Å². The van der Waals surface area contributed by atoms with Crippen molar-refractivity contribution in [2.75, 3.05) is 19.8 Å². The molecule has 0 aliphatic carbocycles. The molecule has 0 aliphatic rings. The van der Waals surface area contributed by atoms with Crippen LogP contribution in [-0.4, -0.2) is 34.3 Å². The Kier molecular flexibility index (Phi) is 8.67. The highest BCUT2D eigenvalue weighted by atomic mass is 28.3. The van der Waals surface area contributed by atoms with E-state index in [-0.39, 0.29) is 0 Å². The molecule has 0 saturated heterocycles. The summed E-state index contributed by atoms with van der Waals surface area (Å²) in [5.74, 6) is 0. The van der Waals surface area contributed by atoms with E-state index >= 15 is 0 Å². The van der Waals surface area contributed by atoms with Crippen LogP contribution in [0.15, 0.2) is 24.4 Å². The van der Waals surface area contributed by atoms with Gasteiger partial charge < -0.3 is 13.3 Å². The number of rotatable bonds is 10. The number of aromatic nitrogens is 1. The van der Waals surface area contributed by atoms with Gasteiger partial charge in [-0.05, 0) is 45.2 Å². The average Bonchev–Trinajstić information content (AvgIpc) is 2.40. The van der Waals surface area contributed by atoms with Crippen LogP contribution in [0.3, 0.4) is 0 Å². The van der Waals surface area contributed by atoms with Crippen molar-refractivity contribution in [3.05, 3.63) is 30.1 Å². The number of nitrogens with zero attached hydrogens (tertiary/aromatic N) is 1. The Bertz CT molecular complexity index is 292. The number of unbranched alkanes of at least 4 members (excludes halogenated alkanes) is 1. The molecular formula is C13H22NO3Si. The van der Waals surface area contributed by atoms with E-state index in [1.807, 2.05) is 32.2 Å². The molecule has 1 radical (unpaired) electrons. The summed E-state index contributed by atoms with van der Waals surface area (Å²) in [4.78, 5) is 4.29. The topological polar surface area (TPSA) is 40.6 Å². The molecule has 0 atom stereocenters. The first kappa shape index (κ1) is 15.3. The lowest BCUT2D eigenvalue weighted by atomic mass is 10.2. The van der Waals surface area contributed by atoms with Gasteiger partial charge in [-0.2, -0.15) is 0 Å². The van der Waals surface area contributed by atoms with E-state index in [1.54, 1.807) is 0 Å². The van der Waals surface area contributed by atoms with Crippen molar-refractivity contribution in [2.24, 2.45) is 0 Å². The van der Waals surface area contributed by atoms with Crippen molar-refractivity contribution in [3.8, 4) is 0 Å². The molecule has 0 spiro atoms. The third-order valence-corrected chi connectivity index (χ3v) is 3.79. The normalized spacial score (nSPS) is 11.1. The zero-order valence-electron chi connectivity index (χ0n) is 11.2. The minimum absolute atomic E-state index is 0.641. The van der Waals surface area contributed by atoms with Crippen LogP contribution in [0.25, 0.3) is 0 Å². The molecule has 1 aromatic heterocycles. The van der Waals surface area contributed by atoms with Crippen LogP contribution < -0.4 is 0 Å². The summed E-state index contributed by atoms with van der Waals surface area (Å²) in [6.45, 7) is 5.88. The molecular weight excluding hydrogens is 246 g/mol. The first-order chi connectivity index (χ1) is 8.86. The van der Waals surface area contributed by atoms with Gasteiger partial charge in [-0.1, -0.05) is 6.07 Å². The molecule has 18 heavy (non-hydrogen) atoms. The lowest BCUT2D eigenvalue weighted by molar-refractivity contribution is 0.101. The van der Waals surface area contributed by atoms with Gasteiger partial charge in [0, 0.05) is 31.7 Å². The van der Waals surface area contributed by atoms with Crippen LogP contribution in [0.4, 0.5) is 0 Å². The highest BCUT2D eigenvalue weighted by molar-refractivity contribution is 6.36. The van der Waals surface area contributed by atoms with Gasteiger partial charge in [0.1, 0.15) is 0 Å². The average molecular weight is 268 g/mol. The van der Waals surface area contributed by atoms with Crippen LogP contribution in [-0.2, 0) is 19.7 Å². The fourth-order valence-electron chi connectivity index (χ4n) is 1.47. The van der Waals surface area contributed by atoms with Crippen molar-refractivity contribution in [3.63, 3.8) is 0 Å². The Morgan fingerprint density at radius 3 is 2.44 bits per heavy atom. The van der Waals surface area contributed by atoms with E-state index in [0.717, 1.165) is 25.0 Å². The highest BCUT2D eigenvalue weighted by Crippen LogP contribution is 2.02. The number of pyridine rings is 1. The number of aryl methyl sites for hydroxylation is 1. The predicted molar refractivity (Wildman–Crippen MR) is 72.1 cm³/mol. The smallest absolute Gasteiger partial charge is 0.371 e. The standard InChI is InChI=1S/C13H22NO3Si/c1-3-15-18(16-4-2)17-12-8-6-10-13-9-5-7-11-14-13/h5,7,9,11H,3-4,6,8,10,12H2,1-2H3. The maximum absolute atomic E-state index is 5.60. The Morgan fingerprint density at radius 2 is 1.83 bits per heavy atom. The summed E-state index contributed by atoms with van der Waals surface area (Å²) < 4.78 is 16.4. The quantitative estimate of drug-likeness (QED) is 0.483. The molecule has 1 heterocycles. The van der Waals surface area contributed by atoms with E-state index in [1.165, 1.54) is 0 Å². The first-order valence-electron chi connectivity index (χ1n) is 6.52. The molecule has 0 saturated carbocycles. The van der Waals surface area contributed by atoms with E-state index in [2.05, 4.69) is 11.1 Å². The molecule has 1 aromatic rings. The number of hydrogen-bond donors (Lipinski definition) is 0. The maximum atomic E-state index is 5.60. The van der Waals surface area contributed by atoms with Gasteiger partial charge in [0.15, 0.2) is 0 Å². The first-order valence-corrected chi connectivity index (χ1v) is 7.74. The van der Waals surface area contributed by atoms with Gasteiger partial charge in [0.2, 0.25) is 0 Å². The van der Waals surface area contributed by atoms with E-state index < -0.39 is 9.53 Å². The summed E-state index contributed by atoms with van der Waals surface area (Å²) in [6, 6.07) is 6.01. The third-order valence-electron chi connectivity index (χ3n) is 2.30. The molecule has 0 N–H and O–H groups in total. The van der Waals surface area contributed by atoms with Crippen molar-refractivity contribution in [1.29, 1.82) is 0 Å². The molecule has 4 nitrogen and oxygen atoms in total. The van der Waals surface area contributed by atoms with Crippen molar-refractivity contribution in [1.82, 2.24) is 4.98 Å². The molecule has 0 fully saturated rings. The van der Waals surface area contributed by atoms with Crippen molar-refractivity contribution >= 4 is 9.53 Å². The van der Waals surface area contributed by atoms with Gasteiger partial charge in [0.05, 0.1) is 0 Å². The third kappa shape index (κ3) is 6.86. The fourth-order valence-corrected chi connectivity index (χ4v) is 2.50. The van der Waals surface area contributed by atoms with Crippen LogP contribution in [0.2, 0.25) is 0 Å².